The number of rotatable bonds is 4. The van der Waals surface area contributed by atoms with Crippen molar-refractivity contribution in [2.45, 2.75) is 57.5 Å². The van der Waals surface area contributed by atoms with Crippen LogP contribution in [0.3, 0.4) is 0 Å². The number of thiophene rings is 1. The van der Waals surface area contributed by atoms with E-state index in [2.05, 4.69) is 5.32 Å². The molecular weight excluding hydrogens is 282 g/mol. The quantitative estimate of drug-likeness (QED) is 0.889. The van der Waals surface area contributed by atoms with Gasteiger partial charge in [0.1, 0.15) is 4.88 Å². The van der Waals surface area contributed by atoms with Crippen molar-refractivity contribution in [3.05, 3.63) is 21.4 Å². The molecule has 1 aromatic heterocycles. The topological polar surface area (TPSA) is 49.3 Å². The van der Waals surface area contributed by atoms with Crippen molar-refractivity contribution in [2.75, 3.05) is 0 Å². The minimum absolute atomic E-state index is 0.354. The number of carboxylic acids is 1. The van der Waals surface area contributed by atoms with Gasteiger partial charge in [0.25, 0.3) is 0 Å². The van der Waals surface area contributed by atoms with E-state index in [4.69, 9.17) is 5.11 Å². The van der Waals surface area contributed by atoms with Gasteiger partial charge in [-0.3, -0.25) is 0 Å². The highest BCUT2D eigenvalue weighted by Crippen LogP contribution is 2.55. The van der Waals surface area contributed by atoms with E-state index in [0.29, 0.717) is 10.4 Å². The molecule has 0 radical (unpaired) electrons. The smallest absolute Gasteiger partial charge is 0.345 e. The van der Waals surface area contributed by atoms with Crippen LogP contribution in [0.25, 0.3) is 0 Å². The Hall–Kier alpha value is -0.870. The van der Waals surface area contributed by atoms with Gasteiger partial charge in [-0.15, -0.1) is 11.3 Å². The first-order valence-corrected chi connectivity index (χ1v) is 8.92. The second kappa shape index (κ2) is 4.82. The van der Waals surface area contributed by atoms with E-state index in [1.165, 1.54) is 55.4 Å². The van der Waals surface area contributed by atoms with Gasteiger partial charge in [-0.1, -0.05) is 0 Å². The highest BCUT2D eigenvalue weighted by molar-refractivity contribution is 7.14. The molecule has 0 unspecified atom stereocenters. The van der Waals surface area contributed by atoms with Crippen molar-refractivity contribution in [3.63, 3.8) is 0 Å². The lowest BCUT2D eigenvalue weighted by Crippen LogP contribution is -2.58. The molecule has 4 fully saturated rings. The van der Waals surface area contributed by atoms with E-state index in [1.54, 1.807) is 0 Å². The summed E-state index contributed by atoms with van der Waals surface area (Å²) in [5, 5.41) is 13.0. The van der Waals surface area contributed by atoms with Crippen molar-refractivity contribution in [1.82, 2.24) is 5.32 Å². The van der Waals surface area contributed by atoms with E-state index in [-0.39, 0.29) is 0 Å². The van der Waals surface area contributed by atoms with Crippen LogP contribution in [0.15, 0.2) is 6.07 Å². The predicted octanol–water partition coefficient (Wildman–Crippen LogP) is 3.81. The Morgan fingerprint density at radius 1 is 1.29 bits per heavy atom. The molecule has 4 saturated carbocycles. The molecule has 0 aliphatic heterocycles. The van der Waals surface area contributed by atoms with Gasteiger partial charge in [-0.05, 0) is 74.8 Å². The summed E-state index contributed by atoms with van der Waals surface area (Å²) in [6.07, 6.45) is 8.40. The second-order valence-corrected chi connectivity index (χ2v) is 8.80. The minimum Gasteiger partial charge on any atom is -0.477 e. The van der Waals surface area contributed by atoms with E-state index >= 15 is 0 Å². The zero-order chi connectivity index (χ0) is 14.6. The summed E-state index contributed by atoms with van der Waals surface area (Å²) in [7, 11) is 0. The van der Waals surface area contributed by atoms with Crippen LogP contribution >= 0.6 is 11.3 Å². The molecular formula is C17H23NO2S. The van der Waals surface area contributed by atoms with Crippen molar-refractivity contribution < 1.29 is 9.90 Å². The molecule has 114 valence electrons. The third kappa shape index (κ3) is 2.42. The molecule has 0 spiro atoms. The molecule has 0 aromatic carbocycles. The molecule has 4 aliphatic rings. The molecule has 21 heavy (non-hydrogen) atoms. The average molecular weight is 305 g/mol. The van der Waals surface area contributed by atoms with Gasteiger partial charge in [-0.25, -0.2) is 4.79 Å². The Labute approximate surface area is 129 Å². The highest BCUT2D eigenvalue weighted by Gasteiger charge is 2.50. The number of carbonyl (C=O) groups is 1. The minimum atomic E-state index is -0.802. The van der Waals surface area contributed by atoms with Crippen LogP contribution in [0, 0.1) is 24.7 Å². The fourth-order valence-corrected chi connectivity index (χ4v) is 6.29. The Bertz CT molecular complexity index is 542. The van der Waals surface area contributed by atoms with Crippen molar-refractivity contribution >= 4 is 17.3 Å². The maximum atomic E-state index is 11.1. The molecule has 4 aliphatic carbocycles. The Morgan fingerprint density at radius 2 is 1.86 bits per heavy atom. The monoisotopic (exact) mass is 305 g/mol. The summed E-state index contributed by atoms with van der Waals surface area (Å²) in [5.41, 5.74) is 1.53. The van der Waals surface area contributed by atoms with Gasteiger partial charge < -0.3 is 10.4 Å². The summed E-state index contributed by atoms with van der Waals surface area (Å²) in [5.74, 6) is 2.04. The third-order valence-electron chi connectivity index (χ3n) is 5.92. The van der Waals surface area contributed by atoms with Crippen molar-refractivity contribution in [1.29, 1.82) is 0 Å². The fourth-order valence-electron chi connectivity index (χ4n) is 5.41. The number of hydrogen-bond donors (Lipinski definition) is 2. The first-order valence-electron chi connectivity index (χ1n) is 8.11. The van der Waals surface area contributed by atoms with E-state index in [9.17, 15) is 4.79 Å². The number of nitrogens with one attached hydrogen (secondary N) is 1. The molecule has 5 rings (SSSR count). The first kappa shape index (κ1) is 13.8. The van der Waals surface area contributed by atoms with Crippen molar-refractivity contribution in [3.8, 4) is 0 Å². The summed E-state index contributed by atoms with van der Waals surface area (Å²) < 4.78 is 0. The standard InChI is InChI=1S/C17H23NO2S/c1-10-14(5-15(21-10)16(19)20)9-18-17-6-11-2-12(7-17)4-13(3-11)8-17/h5,11-13,18H,2-4,6-9H2,1H3,(H,19,20). The summed E-state index contributed by atoms with van der Waals surface area (Å²) in [4.78, 5) is 12.7. The largest absolute Gasteiger partial charge is 0.477 e. The highest BCUT2D eigenvalue weighted by atomic mass is 32.1. The Balaban J connectivity index is 1.48. The molecule has 3 nitrogen and oxygen atoms in total. The summed E-state index contributed by atoms with van der Waals surface area (Å²) >= 11 is 1.40. The summed E-state index contributed by atoms with van der Waals surface area (Å²) in [6.45, 7) is 2.87. The lowest BCUT2D eigenvalue weighted by atomic mass is 9.53. The van der Waals surface area contributed by atoms with Crippen LogP contribution in [0.1, 0.15) is 58.6 Å². The molecule has 1 aromatic rings. The van der Waals surface area contributed by atoms with Crippen LogP contribution < -0.4 is 5.32 Å². The number of aromatic carboxylic acids is 1. The van der Waals surface area contributed by atoms with Gasteiger partial charge in [0.05, 0.1) is 0 Å². The predicted molar refractivity (Wildman–Crippen MR) is 83.8 cm³/mol. The molecule has 2 N–H and O–H groups in total. The molecule has 0 atom stereocenters. The van der Waals surface area contributed by atoms with E-state index in [0.717, 1.165) is 29.2 Å². The van der Waals surface area contributed by atoms with Crippen LogP contribution in [0.4, 0.5) is 0 Å². The maximum Gasteiger partial charge on any atom is 0.345 e. The number of hydrogen-bond acceptors (Lipinski definition) is 3. The Kier molecular flexibility index (Phi) is 3.16. The maximum absolute atomic E-state index is 11.1. The first-order chi connectivity index (χ1) is 10.0. The fraction of sp³-hybridized carbons (Fsp3) is 0.706. The molecule has 4 heteroatoms. The van der Waals surface area contributed by atoms with Gasteiger partial charge in [0.15, 0.2) is 0 Å². The average Bonchev–Trinajstić information content (AvgIpc) is 2.77. The Morgan fingerprint density at radius 3 is 2.33 bits per heavy atom. The van der Waals surface area contributed by atoms with Gasteiger partial charge in [0.2, 0.25) is 0 Å². The molecule has 4 bridgehead atoms. The van der Waals surface area contributed by atoms with Gasteiger partial charge in [0, 0.05) is 17.0 Å². The van der Waals surface area contributed by atoms with Gasteiger partial charge >= 0.3 is 5.97 Å². The van der Waals surface area contributed by atoms with Crippen molar-refractivity contribution in [2.24, 2.45) is 17.8 Å². The lowest BCUT2D eigenvalue weighted by molar-refractivity contribution is -0.0206. The SMILES string of the molecule is Cc1sc(C(=O)O)cc1CNC12CC3CC(CC(C3)C1)C2. The zero-order valence-electron chi connectivity index (χ0n) is 12.5. The number of carboxylic acid groups (broad SMARTS) is 1. The van der Waals surface area contributed by atoms with Crippen LogP contribution in [0.5, 0.6) is 0 Å². The molecule has 0 amide bonds. The van der Waals surface area contributed by atoms with Crippen LogP contribution in [-0.4, -0.2) is 16.6 Å². The molecule has 1 heterocycles. The second-order valence-electron chi connectivity index (χ2n) is 7.55. The summed E-state index contributed by atoms with van der Waals surface area (Å²) in [6, 6.07) is 1.86. The number of aryl methyl sites for hydroxylation is 1. The third-order valence-corrected chi connectivity index (χ3v) is 7.00. The normalized spacial score (nSPS) is 37.1. The van der Waals surface area contributed by atoms with E-state index < -0.39 is 5.97 Å². The van der Waals surface area contributed by atoms with Crippen LogP contribution in [0.2, 0.25) is 0 Å². The van der Waals surface area contributed by atoms with Gasteiger partial charge in [-0.2, -0.15) is 0 Å². The van der Waals surface area contributed by atoms with Crippen LogP contribution in [-0.2, 0) is 6.54 Å². The zero-order valence-corrected chi connectivity index (χ0v) is 13.3. The lowest BCUT2D eigenvalue weighted by Gasteiger charge is -2.57. The molecule has 0 saturated heterocycles. The van der Waals surface area contributed by atoms with E-state index in [1.807, 2.05) is 13.0 Å².